The van der Waals surface area contributed by atoms with Crippen LogP contribution in [0.25, 0.3) is 87.6 Å². The van der Waals surface area contributed by atoms with Gasteiger partial charge in [-0.25, -0.2) is 0 Å². The lowest BCUT2D eigenvalue weighted by Crippen LogP contribution is -2.16. The molecule has 2 aliphatic rings. The summed E-state index contributed by atoms with van der Waals surface area (Å²) >= 11 is 0. The zero-order chi connectivity index (χ0) is 52.3. The summed E-state index contributed by atoms with van der Waals surface area (Å²) in [6, 6.07) is 99.9. The van der Waals surface area contributed by atoms with Crippen LogP contribution in [-0.2, 0) is 10.8 Å². The van der Waals surface area contributed by atoms with Gasteiger partial charge in [-0.15, -0.1) is 0 Å². The Hall–Kier alpha value is -9.50. The zero-order valence-electron chi connectivity index (χ0n) is 44.3. The molecule has 2 nitrogen and oxygen atoms in total. The number of benzene rings is 13. The van der Waals surface area contributed by atoms with E-state index in [0.717, 1.165) is 34.1 Å². The van der Waals surface area contributed by atoms with E-state index in [9.17, 15) is 0 Å². The van der Waals surface area contributed by atoms with Gasteiger partial charge in [0.25, 0.3) is 0 Å². The molecule has 0 radical (unpaired) electrons. The molecule has 0 saturated carbocycles. The van der Waals surface area contributed by atoms with Gasteiger partial charge < -0.3 is 9.80 Å². The molecular formula is C76H56N2. The Bertz CT molecular complexity index is 4270. The molecular weight excluding hydrogens is 941 g/mol. The number of hydrogen-bond acceptors (Lipinski definition) is 2. The minimum absolute atomic E-state index is 0.150. The largest absolute Gasteiger partial charge is 0.310 e. The number of fused-ring (bicyclic) bond motifs is 10. The van der Waals surface area contributed by atoms with Crippen molar-refractivity contribution in [3.05, 3.63) is 289 Å². The molecule has 0 saturated heterocycles. The number of anilines is 6. The molecule has 13 aromatic carbocycles. The Morgan fingerprint density at radius 2 is 0.577 bits per heavy atom. The van der Waals surface area contributed by atoms with Gasteiger partial charge in [0.1, 0.15) is 0 Å². The number of hydrogen-bond donors (Lipinski definition) is 0. The third-order valence-electron chi connectivity index (χ3n) is 17.4. The number of rotatable bonds is 8. The third-order valence-corrected chi connectivity index (χ3v) is 17.4. The molecule has 0 bridgehead atoms. The van der Waals surface area contributed by atoms with Gasteiger partial charge in [0.2, 0.25) is 0 Å². The topological polar surface area (TPSA) is 6.48 Å². The molecule has 0 aromatic heterocycles. The van der Waals surface area contributed by atoms with Crippen molar-refractivity contribution in [3.8, 4) is 44.5 Å². The van der Waals surface area contributed by atoms with Crippen LogP contribution in [0.4, 0.5) is 34.1 Å². The highest BCUT2D eigenvalue weighted by Gasteiger charge is 2.37. The van der Waals surface area contributed by atoms with E-state index in [2.05, 4.69) is 304 Å². The molecule has 0 N–H and O–H groups in total. The highest BCUT2D eigenvalue weighted by atomic mass is 15.1. The normalized spacial score (nSPS) is 13.6. The summed E-state index contributed by atoms with van der Waals surface area (Å²) in [4.78, 5) is 4.92. The van der Waals surface area contributed by atoms with Crippen molar-refractivity contribution < 1.29 is 0 Å². The van der Waals surface area contributed by atoms with Gasteiger partial charge in [0.15, 0.2) is 0 Å². The zero-order valence-corrected chi connectivity index (χ0v) is 44.3. The molecule has 2 heteroatoms. The summed E-state index contributed by atoms with van der Waals surface area (Å²) in [6.07, 6.45) is 0. The van der Waals surface area contributed by atoms with Crippen LogP contribution >= 0.6 is 0 Å². The molecule has 78 heavy (non-hydrogen) atoms. The molecule has 0 unspecified atom stereocenters. The predicted octanol–water partition coefficient (Wildman–Crippen LogP) is 21.2. The van der Waals surface area contributed by atoms with Crippen LogP contribution in [0.5, 0.6) is 0 Å². The van der Waals surface area contributed by atoms with Gasteiger partial charge >= 0.3 is 0 Å². The monoisotopic (exact) mass is 996 g/mol. The molecule has 370 valence electrons. The van der Waals surface area contributed by atoms with Gasteiger partial charge in [0.05, 0.1) is 0 Å². The highest BCUT2D eigenvalue weighted by Crippen LogP contribution is 2.54. The van der Waals surface area contributed by atoms with Crippen LogP contribution in [0.3, 0.4) is 0 Å². The number of para-hydroxylation sites is 2. The van der Waals surface area contributed by atoms with E-state index in [1.807, 2.05) is 0 Å². The average molecular weight is 997 g/mol. The van der Waals surface area contributed by atoms with E-state index in [-0.39, 0.29) is 10.8 Å². The van der Waals surface area contributed by atoms with Crippen molar-refractivity contribution in [1.29, 1.82) is 0 Å². The summed E-state index contributed by atoms with van der Waals surface area (Å²) in [5, 5.41) is 9.66. The molecule has 0 atom stereocenters. The van der Waals surface area contributed by atoms with Crippen LogP contribution in [0.15, 0.2) is 267 Å². The molecule has 15 rings (SSSR count). The Kier molecular flexibility index (Phi) is 10.3. The SMILES string of the molecule is CC1(C)c2ccccc2-c2ccc(N(c3ccccc3)c3ccc4c(-c5ccc6ccccc6c5)c5cc(N(c6ccccc6)c6ccc7c(c6)C(C)(C)c6ccccc6-7)ccc5c(-c5ccc6ccccc6c5)c4c3)cc21. The highest BCUT2D eigenvalue weighted by molar-refractivity contribution is 6.23. The van der Waals surface area contributed by atoms with Crippen LogP contribution in [0.1, 0.15) is 49.9 Å². The van der Waals surface area contributed by atoms with Crippen LogP contribution in [0.2, 0.25) is 0 Å². The summed E-state index contributed by atoms with van der Waals surface area (Å²) in [6.45, 7) is 9.48. The maximum absolute atomic E-state index is 2.47. The molecule has 0 heterocycles. The maximum Gasteiger partial charge on any atom is 0.0468 e. The molecule has 0 amide bonds. The Balaban J connectivity index is 1.01. The Labute approximate surface area is 456 Å². The van der Waals surface area contributed by atoms with E-state index in [1.54, 1.807) is 0 Å². The van der Waals surface area contributed by atoms with Crippen LogP contribution < -0.4 is 9.80 Å². The van der Waals surface area contributed by atoms with Crippen molar-refractivity contribution in [2.75, 3.05) is 9.80 Å². The van der Waals surface area contributed by atoms with E-state index in [4.69, 9.17) is 0 Å². The predicted molar refractivity (Wildman–Crippen MR) is 332 cm³/mol. The minimum atomic E-state index is -0.150. The first-order chi connectivity index (χ1) is 38.2. The van der Waals surface area contributed by atoms with Crippen molar-refractivity contribution in [2.24, 2.45) is 0 Å². The lowest BCUT2D eigenvalue weighted by atomic mass is 9.82. The average Bonchev–Trinajstić information content (AvgIpc) is 4.00. The Morgan fingerprint density at radius 3 is 1.01 bits per heavy atom. The molecule has 13 aromatic rings. The van der Waals surface area contributed by atoms with Crippen LogP contribution in [-0.4, -0.2) is 0 Å². The fraction of sp³-hybridized carbons (Fsp3) is 0.0789. The van der Waals surface area contributed by atoms with Crippen molar-refractivity contribution in [3.63, 3.8) is 0 Å². The lowest BCUT2D eigenvalue weighted by molar-refractivity contribution is 0.660. The quantitative estimate of drug-likeness (QED) is 0.140. The second kappa shape index (κ2) is 17.5. The number of nitrogens with zero attached hydrogens (tertiary/aromatic N) is 2. The smallest absolute Gasteiger partial charge is 0.0468 e. The van der Waals surface area contributed by atoms with Gasteiger partial charge in [0, 0.05) is 45.0 Å². The minimum Gasteiger partial charge on any atom is -0.310 e. The van der Waals surface area contributed by atoms with Gasteiger partial charge in [-0.3, -0.25) is 0 Å². The van der Waals surface area contributed by atoms with Crippen LogP contribution in [0, 0.1) is 0 Å². The third kappa shape index (κ3) is 7.10. The van der Waals surface area contributed by atoms with E-state index >= 15 is 0 Å². The summed E-state index contributed by atoms with van der Waals surface area (Å²) in [5.41, 5.74) is 21.9. The second-order valence-electron chi connectivity index (χ2n) is 22.5. The fourth-order valence-electron chi connectivity index (χ4n) is 13.5. The molecule has 0 fully saturated rings. The standard InChI is InChI=1S/C76H56N2/c1-75(2)69-29-17-15-27-61(69)63-39-35-59(47-71(63)75)77(55-23-7-5-8-24-55)57-37-41-65-67(45-57)73(53-33-31-49-19-11-13-21-51(49)43-53)66-42-38-58(46-68(66)74(65)54-34-32-50-20-12-14-22-52(50)44-54)78(56-25-9-6-10-26-56)60-36-40-64-62-28-16-18-30-70(62)76(3,4)72(64)48-60/h5-48H,1-4H3. The van der Waals surface area contributed by atoms with Gasteiger partial charge in [-0.05, 0) is 195 Å². The van der Waals surface area contributed by atoms with E-state index in [0.29, 0.717) is 0 Å². The van der Waals surface area contributed by atoms with Crippen molar-refractivity contribution in [1.82, 2.24) is 0 Å². The van der Waals surface area contributed by atoms with E-state index < -0.39 is 0 Å². The second-order valence-corrected chi connectivity index (χ2v) is 22.5. The van der Waals surface area contributed by atoms with Crippen molar-refractivity contribution in [2.45, 2.75) is 38.5 Å². The maximum atomic E-state index is 2.47. The van der Waals surface area contributed by atoms with E-state index in [1.165, 1.54) is 110 Å². The summed E-state index contributed by atoms with van der Waals surface area (Å²) in [7, 11) is 0. The van der Waals surface area contributed by atoms with Gasteiger partial charge in [-0.1, -0.05) is 210 Å². The first-order valence-electron chi connectivity index (χ1n) is 27.4. The summed E-state index contributed by atoms with van der Waals surface area (Å²) < 4.78 is 0. The first kappa shape index (κ1) is 45.9. The Morgan fingerprint density at radius 1 is 0.231 bits per heavy atom. The molecule has 0 spiro atoms. The molecule has 0 aliphatic heterocycles. The summed E-state index contributed by atoms with van der Waals surface area (Å²) in [5.74, 6) is 0. The molecule has 2 aliphatic carbocycles. The lowest BCUT2D eigenvalue weighted by Gasteiger charge is -2.30. The fourth-order valence-corrected chi connectivity index (χ4v) is 13.5. The van der Waals surface area contributed by atoms with Gasteiger partial charge in [-0.2, -0.15) is 0 Å². The first-order valence-corrected chi connectivity index (χ1v) is 27.4. The van der Waals surface area contributed by atoms with Crippen molar-refractivity contribution >= 4 is 77.2 Å².